The summed E-state index contributed by atoms with van der Waals surface area (Å²) in [4.78, 5) is 26.8. The number of carbonyl (C=O) groups excluding carboxylic acids is 2. The molecule has 0 spiro atoms. The minimum atomic E-state index is -0.767. The van der Waals surface area contributed by atoms with E-state index in [1.54, 1.807) is 48.5 Å². The molecule has 4 nitrogen and oxygen atoms in total. The highest BCUT2D eigenvalue weighted by molar-refractivity contribution is 9.11. The first-order chi connectivity index (χ1) is 18.4. The highest BCUT2D eigenvalue weighted by atomic mass is 79.9. The van der Waals surface area contributed by atoms with Gasteiger partial charge in [0.05, 0.1) is 23.0 Å². The van der Waals surface area contributed by atoms with Crippen LogP contribution in [0.25, 0.3) is 0 Å². The molecule has 0 fully saturated rings. The smallest absolute Gasteiger partial charge is 0.338 e. The largest absolute Gasteiger partial charge is 0.454 e. The Bertz CT molecular complexity index is 1400. The average Bonchev–Trinajstić information content (AvgIpc) is 2.94. The fourth-order valence-corrected chi connectivity index (χ4v) is 7.93. The van der Waals surface area contributed by atoms with Crippen molar-refractivity contribution in [3.8, 4) is 0 Å². The molecule has 38 heavy (non-hydrogen) atoms. The molecule has 7 rings (SSSR count). The first kappa shape index (κ1) is 26.0. The summed E-state index contributed by atoms with van der Waals surface area (Å²) in [5.74, 6) is -1.73. The highest BCUT2D eigenvalue weighted by Gasteiger charge is 2.56. The molecular weight excluding hydrogens is 744 g/mol. The SMILES string of the molecule is O=C(OC1C(OC(=O)c2ccccc2)[C@H]2c3c(Br)ccc(Br)c3[C@H]1c1c(Br)ccc(Br)c12)c1ccccc1. The second-order valence-electron chi connectivity index (χ2n) is 9.14. The Balaban J connectivity index is 1.56. The molecule has 3 aliphatic carbocycles. The Kier molecular flexibility index (Phi) is 7.10. The molecular formula is C30H18Br4O4. The van der Waals surface area contributed by atoms with Crippen LogP contribution < -0.4 is 0 Å². The van der Waals surface area contributed by atoms with Crippen molar-refractivity contribution in [1.82, 2.24) is 0 Å². The molecule has 0 N–H and O–H groups in total. The van der Waals surface area contributed by atoms with Gasteiger partial charge in [-0.05, 0) is 70.8 Å². The molecule has 0 aromatic heterocycles. The summed E-state index contributed by atoms with van der Waals surface area (Å²) in [6.45, 7) is 0. The Morgan fingerprint density at radius 3 is 1.05 bits per heavy atom. The van der Waals surface area contributed by atoms with E-state index in [2.05, 4.69) is 63.7 Å². The molecule has 8 heteroatoms. The number of benzene rings is 4. The maximum atomic E-state index is 13.4. The minimum Gasteiger partial charge on any atom is -0.454 e. The van der Waals surface area contributed by atoms with Crippen LogP contribution in [0.1, 0.15) is 54.8 Å². The van der Waals surface area contributed by atoms with Crippen LogP contribution in [0, 0.1) is 0 Å². The van der Waals surface area contributed by atoms with E-state index in [0.29, 0.717) is 11.1 Å². The molecule has 4 aromatic carbocycles. The summed E-state index contributed by atoms with van der Waals surface area (Å²) in [5.41, 5.74) is 4.90. The lowest BCUT2D eigenvalue weighted by molar-refractivity contribution is -0.0561. The predicted molar refractivity (Wildman–Crippen MR) is 159 cm³/mol. The third kappa shape index (κ3) is 4.30. The predicted octanol–water partition coefficient (Wildman–Crippen LogP) is 8.78. The van der Waals surface area contributed by atoms with Gasteiger partial charge >= 0.3 is 11.9 Å². The lowest BCUT2D eigenvalue weighted by Gasteiger charge is -2.50. The van der Waals surface area contributed by atoms with Crippen molar-refractivity contribution in [3.63, 3.8) is 0 Å². The molecule has 4 aromatic rings. The molecule has 3 aliphatic rings. The molecule has 190 valence electrons. The maximum Gasteiger partial charge on any atom is 0.338 e. The van der Waals surface area contributed by atoms with Gasteiger partial charge in [0.2, 0.25) is 0 Å². The van der Waals surface area contributed by atoms with Crippen molar-refractivity contribution in [2.45, 2.75) is 24.0 Å². The summed E-state index contributed by atoms with van der Waals surface area (Å²) in [7, 11) is 0. The third-order valence-corrected chi connectivity index (χ3v) is 9.86. The molecule has 0 amide bonds. The Morgan fingerprint density at radius 2 is 0.763 bits per heavy atom. The molecule has 0 aliphatic heterocycles. The number of esters is 2. The summed E-state index contributed by atoms with van der Waals surface area (Å²) in [6.07, 6.45) is -1.53. The van der Waals surface area contributed by atoms with Gasteiger partial charge in [-0.1, -0.05) is 100 Å². The van der Waals surface area contributed by atoms with Gasteiger partial charge in [0, 0.05) is 17.9 Å². The minimum absolute atomic E-state index is 0.398. The van der Waals surface area contributed by atoms with Crippen molar-refractivity contribution in [2.75, 3.05) is 0 Å². The topological polar surface area (TPSA) is 52.6 Å². The van der Waals surface area contributed by atoms with Gasteiger partial charge in [0.25, 0.3) is 0 Å². The quantitative estimate of drug-likeness (QED) is 0.195. The number of ether oxygens (including phenoxy) is 2. The summed E-state index contributed by atoms with van der Waals surface area (Å²) >= 11 is 15.1. The van der Waals surface area contributed by atoms with Gasteiger partial charge in [-0.3, -0.25) is 0 Å². The Morgan fingerprint density at radius 1 is 0.474 bits per heavy atom. The van der Waals surface area contributed by atoms with Crippen LogP contribution in [0.15, 0.2) is 103 Å². The summed E-state index contributed by atoms with van der Waals surface area (Å²) < 4.78 is 16.2. The standard InChI is InChI=1S/C30H18Br4O4/c31-17-11-13-19(33)23-21(17)25-22-18(32)12-14-20(34)24(22)26(23)28(38-30(36)16-9-5-2-6-10-16)27(25)37-29(35)15-7-3-1-4-8-15/h1-14,25-28H/t25-,26-,27?,28?. The van der Waals surface area contributed by atoms with Crippen molar-refractivity contribution in [3.05, 3.63) is 136 Å². The zero-order valence-corrected chi connectivity index (χ0v) is 25.9. The van der Waals surface area contributed by atoms with E-state index in [0.717, 1.165) is 40.1 Å². The van der Waals surface area contributed by atoms with E-state index >= 15 is 0 Å². The fourth-order valence-electron chi connectivity index (χ4n) is 5.56. The van der Waals surface area contributed by atoms with Crippen molar-refractivity contribution in [2.24, 2.45) is 0 Å². The van der Waals surface area contributed by atoms with Gasteiger partial charge in [0.1, 0.15) is 0 Å². The second kappa shape index (κ2) is 10.4. The van der Waals surface area contributed by atoms with Crippen LogP contribution in [0.3, 0.4) is 0 Å². The van der Waals surface area contributed by atoms with E-state index in [9.17, 15) is 9.59 Å². The van der Waals surface area contributed by atoms with Crippen LogP contribution in [0.4, 0.5) is 0 Å². The summed E-state index contributed by atoms with van der Waals surface area (Å²) in [5, 5.41) is 0. The molecule has 2 atom stereocenters. The summed E-state index contributed by atoms with van der Waals surface area (Å²) in [6, 6.07) is 25.7. The number of hydrogen-bond donors (Lipinski definition) is 0. The van der Waals surface area contributed by atoms with E-state index < -0.39 is 36.0 Å². The van der Waals surface area contributed by atoms with Crippen LogP contribution >= 0.6 is 63.7 Å². The number of halogens is 4. The van der Waals surface area contributed by atoms with E-state index in [1.165, 1.54) is 0 Å². The first-order valence-electron chi connectivity index (χ1n) is 11.8. The number of fused-ring (bicyclic) bond motifs is 1. The van der Waals surface area contributed by atoms with Gasteiger partial charge in [-0.25, -0.2) is 9.59 Å². The van der Waals surface area contributed by atoms with Crippen molar-refractivity contribution in [1.29, 1.82) is 0 Å². The zero-order chi connectivity index (χ0) is 26.6. The van der Waals surface area contributed by atoms with Crippen LogP contribution in [0.2, 0.25) is 0 Å². The lowest BCUT2D eigenvalue weighted by atomic mass is 9.61. The van der Waals surface area contributed by atoms with E-state index in [-0.39, 0.29) is 0 Å². The molecule has 2 unspecified atom stereocenters. The van der Waals surface area contributed by atoms with Gasteiger partial charge < -0.3 is 9.47 Å². The number of hydrogen-bond acceptors (Lipinski definition) is 4. The molecule has 0 radical (unpaired) electrons. The maximum absolute atomic E-state index is 13.4. The van der Waals surface area contributed by atoms with Gasteiger partial charge in [0.15, 0.2) is 12.2 Å². The van der Waals surface area contributed by atoms with E-state index in [1.807, 2.05) is 36.4 Å². The highest BCUT2D eigenvalue weighted by Crippen LogP contribution is 2.61. The number of carbonyl (C=O) groups is 2. The normalized spacial score (nSPS) is 20.8. The fraction of sp³-hybridized carbons (Fsp3) is 0.133. The zero-order valence-electron chi connectivity index (χ0n) is 19.5. The van der Waals surface area contributed by atoms with Crippen LogP contribution in [0.5, 0.6) is 0 Å². The molecule has 0 saturated heterocycles. The van der Waals surface area contributed by atoms with Crippen molar-refractivity contribution < 1.29 is 19.1 Å². The Hall–Kier alpha value is -2.26. The average molecular weight is 762 g/mol. The molecule has 0 heterocycles. The molecule has 2 bridgehead atoms. The van der Waals surface area contributed by atoms with Crippen LogP contribution in [-0.4, -0.2) is 24.1 Å². The van der Waals surface area contributed by atoms with E-state index in [4.69, 9.17) is 9.47 Å². The van der Waals surface area contributed by atoms with Crippen LogP contribution in [-0.2, 0) is 9.47 Å². The van der Waals surface area contributed by atoms with Crippen molar-refractivity contribution >= 4 is 75.7 Å². The van der Waals surface area contributed by atoms with Gasteiger partial charge in [-0.15, -0.1) is 0 Å². The third-order valence-electron chi connectivity index (χ3n) is 7.09. The number of rotatable bonds is 4. The lowest BCUT2D eigenvalue weighted by Crippen LogP contribution is -2.52. The molecule has 0 saturated carbocycles. The monoisotopic (exact) mass is 758 g/mol. The second-order valence-corrected chi connectivity index (χ2v) is 12.6. The first-order valence-corrected chi connectivity index (χ1v) is 15.0. The van der Waals surface area contributed by atoms with Gasteiger partial charge in [-0.2, -0.15) is 0 Å². The Labute approximate surface area is 253 Å².